The number of nitrogens with one attached hydrogen (secondary N) is 1. The van der Waals surface area contributed by atoms with Crippen molar-refractivity contribution in [3.8, 4) is 10.4 Å². The van der Waals surface area contributed by atoms with E-state index in [4.69, 9.17) is 4.74 Å². The summed E-state index contributed by atoms with van der Waals surface area (Å²) in [5.41, 5.74) is 0.699. The molecule has 1 atom stereocenters. The number of carbonyl (C=O) groups excluding carboxylic acids is 2. The van der Waals surface area contributed by atoms with Crippen molar-refractivity contribution in [2.45, 2.75) is 32.4 Å². The molecule has 7 nitrogen and oxygen atoms in total. The number of carbonyl (C=O) groups is 2. The molecule has 0 aliphatic heterocycles. The van der Waals surface area contributed by atoms with Crippen LogP contribution in [0.15, 0.2) is 47.5 Å². The minimum atomic E-state index is -0.652. The van der Waals surface area contributed by atoms with Crippen molar-refractivity contribution in [1.29, 1.82) is 0 Å². The molecular formula is C21H21N3O4S. The lowest BCUT2D eigenvalue weighted by Crippen LogP contribution is -2.37. The molecule has 1 N–H and O–H groups in total. The maximum absolute atomic E-state index is 12.7. The van der Waals surface area contributed by atoms with Gasteiger partial charge in [0.15, 0.2) is 6.61 Å². The molecule has 2 aromatic heterocycles. The van der Waals surface area contributed by atoms with Gasteiger partial charge in [-0.05, 0) is 37.3 Å². The normalized spacial score (nSPS) is 14.5. The minimum absolute atomic E-state index is 0.0906. The second kappa shape index (κ2) is 8.16. The summed E-state index contributed by atoms with van der Waals surface area (Å²) in [5, 5.41) is 3.28. The van der Waals surface area contributed by atoms with Gasteiger partial charge in [0.25, 0.3) is 11.5 Å². The summed E-state index contributed by atoms with van der Waals surface area (Å²) in [4.78, 5) is 42.5. The van der Waals surface area contributed by atoms with Crippen molar-refractivity contribution in [3.63, 3.8) is 0 Å². The van der Waals surface area contributed by atoms with E-state index in [1.807, 2.05) is 37.3 Å². The number of benzene rings is 1. The number of hydrogen-bond donors (Lipinski definition) is 1. The van der Waals surface area contributed by atoms with Gasteiger partial charge in [0, 0.05) is 10.9 Å². The Hall–Kier alpha value is -3.00. The van der Waals surface area contributed by atoms with Crippen LogP contribution in [0.3, 0.4) is 0 Å². The van der Waals surface area contributed by atoms with Gasteiger partial charge in [-0.2, -0.15) is 0 Å². The smallest absolute Gasteiger partial charge is 0.326 e. The monoisotopic (exact) mass is 411 g/mol. The van der Waals surface area contributed by atoms with E-state index >= 15 is 0 Å². The van der Waals surface area contributed by atoms with Crippen LogP contribution in [-0.4, -0.2) is 34.1 Å². The lowest BCUT2D eigenvalue weighted by Gasteiger charge is -2.12. The maximum Gasteiger partial charge on any atom is 0.326 e. The van der Waals surface area contributed by atoms with Gasteiger partial charge in [0.1, 0.15) is 11.4 Å². The first-order valence-corrected chi connectivity index (χ1v) is 10.3. The Kier molecular flexibility index (Phi) is 5.44. The number of fused-ring (bicyclic) bond motifs is 1. The highest BCUT2D eigenvalue weighted by atomic mass is 32.1. The molecule has 29 heavy (non-hydrogen) atoms. The van der Waals surface area contributed by atoms with Crippen LogP contribution in [-0.2, 0) is 20.9 Å². The molecule has 1 fully saturated rings. The fourth-order valence-electron chi connectivity index (χ4n) is 3.16. The molecular weight excluding hydrogens is 390 g/mol. The summed E-state index contributed by atoms with van der Waals surface area (Å²) in [6.07, 6.45) is 3.58. The molecule has 8 heteroatoms. The Labute approximate surface area is 171 Å². The van der Waals surface area contributed by atoms with Crippen LogP contribution in [0, 0.1) is 5.92 Å². The third kappa shape index (κ3) is 4.54. The van der Waals surface area contributed by atoms with Crippen LogP contribution < -0.4 is 10.9 Å². The molecule has 1 aliphatic carbocycles. The van der Waals surface area contributed by atoms with E-state index in [2.05, 4.69) is 10.3 Å². The molecule has 3 aromatic rings. The Bertz CT molecular complexity index is 1100. The molecule has 4 rings (SSSR count). The van der Waals surface area contributed by atoms with Crippen LogP contribution >= 0.6 is 11.3 Å². The zero-order chi connectivity index (χ0) is 20.4. The van der Waals surface area contributed by atoms with Crippen molar-refractivity contribution in [2.24, 2.45) is 5.92 Å². The lowest BCUT2D eigenvalue weighted by molar-refractivity contribution is -0.149. The lowest BCUT2D eigenvalue weighted by atomic mass is 10.2. The topological polar surface area (TPSA) is 90.3 Å². The molecule has 2 heterocycles. The third-order valence-corrected chi connectivity index (χ3v) is 6.05. The molecule has 1 saturated carbocycles. The maximum atomic E-state index is 12.7. The highest BCUT2D eigenvalue weighted by Gasteiger charge is 2.29. The van der Waals surface area contributed by atoms with Crippen molar-refractivity contribution < 1.29 is 14.3 Å². The Morgan fingerprint density at radius 3 is 2.79 bits per heavy atom. The van der Waals surface area contributed by atoms with Gasteiger partial charge in [0.2, 0.25) is 0 Å². The van der Waals surface area contributed by atoms with E-state index in [9.17, 15) is 14.4 Å². The number of aromatic nitrogens is 2. The number of hydrogen-bond acceptors (Lipinski definition) is 6. The molecule has 1 aliphatic rings. The quantitative estimate of drug-likeness (QED) is 0.604. The van der Waals surface area contributed by atoms with Crippen LogP contribution in [0.5, 0.6) is 0 Å². The van der Waals surface area contributed by atoms with Crippen molar-refractivity contribution in [2.75, 3.05) is 6.61 Å². The molecule has 0 bridgehead atoms. The highest BCUT2D eigenvalue weighted by molar-refractivity contribution is 7.21. The first kappa shape index (κ1) is 19.3. The van der Waals surface area contributed by atoms with Gasteiger partial charge < -0.3 is 10.1 Å². The molecule has 0 spiro atoms. The predicted octanol–water partition coefficient (Wildman–Crippen LogP) is 2.58. The van der Waals surface area contributed by atoms with E-state index in [0.717, 1.165) is 23.3 Å². The fraction of sp³-hybridized carbons (Fsp3) is 0.333. The summed E-state index contributed by atoms with van der Waals surface area (Å²) in [6, 6.07) is 11.6. The Morgan fingerprint density at radius 2 is 2.07 bits per heavy atom. The second-order valence-electron chi connectivity index (χ2n) is 7.23. The summed E-state index contributed by atoms with van der Waals surface area (Å²) >= 11 is 1.43. The average molecular weight is 411 g/mol. The van der Waals surface area contributed by atoms with Crippen molar-refractivity contribution in [3.05, 3.63) is 53.1 Å². The zero-order valence-electron chi connectivity index (χ0n) is 16.0. The van der Waals surface area contributed by atoms with E-state index in [1.54, 1.807) is 6.07 Å². The molecule has 1 amide bonds. The number of esters is 1. The Balaban J connectivity index is 1.41. The third-order valence-electron chi connectivity index (χ3n) is 4.96. The highest BCUT2D eigenvalue weighted by Crippen LogP contribution is 2.32. The van der Waals surface area contributed by atoms with E-state index in [0.29, 0.717) is 16.1 Å². The summed E-state index contributed by atoms with van der Waals surface area (Å²) in [5.74, 6) is -0.456. The molecule has 0 saturated heterocycles. The summed E-state index contributed by atoms with van der Waals surface area (Å²) in [7, 11) is 0. The SMILES string of the molecule is C[C@H](NC(=O)COC(=O)Cn1cnc2sc(-c3ccccc3)cc2c1=O)C1CC1. The number of nitrogens with zero attached hydrogens (tertiary/aromatic N) is 2. The number of amides is 1. The van der Waals surface area contributed by atoms with Gasteiger partial charge in [0.05, 0.1) is 11.7 Å². The Morgan fingerprint density at radius 1 is 1.31 bits per heavy atom. The standard InChI is InChI=1S/C21H21N3O4S/c1-13(14-7-8-14)23-18(25)11-28-19(26)10-24-12-22-20-16(21(24)27)9-17(29-20)15-5-3-2-4-6-15/h2-6,9,12-14H,7-8,10-11H2,1H3,(H,23,25)/t13-/m0/s1. The van der Waals surface area contributed by atoms with E-state index in [-0.39, 0.29) is 30.7 Å². The fourth-order valence-corrected chi connectivity index (χ4v) is 4.15. The van der Waals surface area contributed by atoms with Gasteiger partial charge in [-0.3, -0.25) is 19.0 Å². The molecule has 0 radical (unpaired) electrons. The average Bonchev–Trinajstić information content (AvgIpc) is 3.48. The number of ether oxygens (including phenoxy) is 1. The molecule has 0 unspecified atom stereocenters. The van der Waals surface area contributed by atoms with Crippen LogP contribution in [0.25, 0.3) is 20.7 Å². The second-order valence-corrected chi connectivity index (χ2v) is 8.26. The van der Waals surface area contributed by atoms with Crippen LogP contribution in [0.1, 0.15) is 19.8 Å². The van der Waals surface area contributed by atoms with Gasteiger partial charge in [-0.25, -0.2) is 4.98 Å². The van der Waals surface area contributed by atoms with Gasteiger partial charge in [-0.1, -0.05) is 30.3 Å². The zero-order valence-corrected chi connectivity index (χ0v) is 16.8. The predicted molar refractivity (Wildman–Crippen MR) is 111 cm³/mol. The van der Waals surface area contributed by atoms with E-state index < -0.39 is 5.97 Å². The van der Waals surface area contributed by atoms with Gasteiger partial charge >= 0.3 is 5.97 Å². The van der Waals surface area contributed by atoms with Crippen molar-refractivity contribution in [1.82, 2.24) is 14.9 Å². The van der Waals surface area contributed by atoms with E-state index in [1.165, 1.54) is 22.2 Å². The minimum Gasteiger partial charge on any atom is -0.454 e. The number of rotatable bonds is 7. The first-order valence-electron chi connectivity index (χ1n) is 9.50. The summed E-state index contributed by atoms with van der Waals surface area (Å²) in [6.45, 7) is 1.31. The number of thiophene rings is 1. The molecule has 1 aromatic carbocycles. The van der Waals surface area contributed by atoms with Gasteiger partial charge in [-0.15, -0.1) is 11.3 Å². The summed E-state index contributed by atoms with van der Waals surface area (Å²) < 4.78 is 6.22. The largest absolute Gasteiger partial charge is 0.454 e. The molecule has 150 valence electrons. The van der Waals surface area contributed by atoms with Crippen molar-refractivity contribution >= 4 is 33.4 Å². The van der Waals surface area contributed by atoms with Crippen LogP contribution in [0.4, 0.5) is 0 Å². The first-order chi connectivity index (χ1) is 14.0. The van der Waals surface area contributed by atoms with Crippen LogP contribution in [0.2, 0.25) is 0 Å².